The number of hydrogen-bond acceptors (Lipinski definition) is 6. The first-order chi connectivity index (χ1) is 12.8. The molecule has 1 aromatic rings. The van der Waals surface area contributed by atoms with Gasteiger partial charge < -0.3 is 25.8 Å². The number of benzene rings is 1. The number of hydrogen-bond donors (Lipinski definition) is 3. The van der Waals surface area contributed by atoms with E-state index >= 15 is 0 Å². The van der Waals surface area contributed by atoms with E-state index in [1.54, 1.807) is 24.3 Å². The van der Waals surface area contributed by atoms with E-state index in [2.05, 4.69) is 17.2 Å². The first-order valence-electron chi connectivity index (χ1n) is 8.17. The monoisotopic (exact) mass is 377 g/mol. The van der Waals surface area contributed by atoms with Crippen molar-refractivity contribution >= 4 is 23.9 Å². The lowest BCUT2D eigenvalue weighted by atomic mass is 10.1. The molecule has 2 atom stereocenters. The van der Waals surface area contributed by atoms with E-state index in [0.717, 1.165) is 5.56 Å². The quantitative estimate of drug-likeness (QED) is 0.398. The van der Waals surface area contributed by atoms with Crippen LogP contribution in [0.25, 0.3) is 0 Å². The summed E-state index contributed by atoms with van der Waals surface area (Å²) in [7, 11) is 0. The molecular weight excluding hydrogens is 354 g/mol. The number of carbonyl (C=O) groups excluding carboxylic acids is 4. The van der Waals surface area contributed by atoms with E-state index in [1.165, 1.54) is 13.0 Å². The Labute approximate surface area is 156 Å². The predicted octanol–water partition coefficient (Wildman–Crippen LogP) is 0.391. The van der Waals surface area contributed by atoms with Gasteiger partial charge in [0.05, 0.1) is 6.42 Å². The predicted molar refractivity (Wildman–Crippen MR) is 96.1 cm³/mol. The summed E-state index contributed by atoms with van der Waals surface area (Å²) in [6.07, 6.45) is 0.0231. The van der Waals surface area contributed by atoms with Gasteiger partial charge in [0.2, 0.25) is 11.8 Å². The second-order valence-electron chi connectivity index (χ2n) is 5.58. The number of alkyl carbamates (subject to hydrolysis) is 1. The highest BCUT2D eigenvalue weighted by Gasteiger charge is 2.27. The highest BCUT2D eigenvalue weighted by molar-refractivity contribution is 5.92. The van der Waals surface area contributed by atoms with Crippen molar-refractivity contribution in [3.8, 4) is 0 Å². The standard InChI is InChI=1S/C18H23N3O6/c1-3-9-26-17(24)12(2)20-16(23)14(10-15(19)22)21-18(25)27-11-13-7-5-4-6-8-13/h3-8,12,14H,1,9-11H2,2H3,(H2,19,22)(H,20,23)(H,21,25)/t12-,14-/m0/s1. The maximum atomic E-state index is 12.3. The Bertz CT molecular complexity index is 677. The van der Waals surface area contributed by atoms with E-state index < -0.39 is 42.4 Å². The molecule has 9 nitrogen and oxygen atoms in total. The largest absolute Gasteiger partial charge is 0.460 e. The lowest BCUT2D eigenvalue weighted by Gasteiger charge is -2.19. The molecule has 0 heterocycles. The fraction of sp³-hybridized carbons (Fsp3) is 0.333. The molecule has 0 bridgehead atoms. The third-order valence-electron chi connectivity index (χ3n) is 3.28. The average Bonchev–Trinajstić information content (AvgIpc) is 2.64. The zero-order valence-electron chi connectivity index (χ0n) is 15.0. The maximum absolute atomic E-state index is 12.3. The Morgan fingerprint density at radius 3 is 2.41 bits per heavy atom. The van der Waals surface area contributed by atoms with Gasteiger partial charge in [-0.15, -0.1) is 0 Å². The van der Waals surface area contributed by atoms with E-state index in [0.29, 0.717) is 0 Å². The molecule has 1 aromatic carbocycles. The summed E-state index contributed by atoms with van der Waals surface area (Å²) in [6.45, 7) is 4.79. The molecular formula is C18H23N3O6. The molecule has 146 valence electrons. The van der Waals surface area contributed by atoms with Crippen LogP contribution < -0.4 is 16.4 Å². The number of carbonyl (C=O) groups is 4. The summed E-state index contributed by atoms with van der Waals surface area (Å²) in [5, 5.41) is 4.61. The van der Waals surface area contributed by atoms with Crippen molar-refractivity contribution in [3.63, 3.8) is 0 Å². The minimum Gasteiger partial charge on any atom is -0.460 e. The van der Waals surface area contributed by atoms with E-state index in [1.807, 2.05) is 6.07 Å². The molecule has 0 saturated heterocycles. The van der Waals surface area contributed by atoms with Gasteiger partial charge in [-0.2, -0.15) is 0 Å². The van der Waals surface area contributed by atoms with Crippen LogP contribution in [0.2, 0.25) is 0 Å². The third kappa shape index (κ3) is 8.52. The first kappa shape index (κ1) is 21.7. The molecule has 0 unspecified atom stereocenters. The zero-order chi connectivity index (χ0) is 20.2. The lowest BCUT2D eigenvalue weighted by Crippen LogP contribution is -2.52. The van der Waals surface area contributed by atoms with Gasteiger partial charge in [0.1, 0.15) is 25.3 Å². The number of primary amides is 1. The van der Waals surface area contributed by atoms with Gasteiger partial charge in [0.15, 0.2) is 0 Å². The first-order valence-corrected chi connectivity index (χ1v) is 8.17. The summed E-state index contributed by atoms with van der Waals surface area (Å²) < 4.78 is 9.82. The Kier molecular flexibility index (Phi) is 9.07. The van der Waals surface area contributed by atoms with Crippen LogP contribution in [-0.4, -0.2) is 42.6 Å². The molecule has 0 aliphatic heterocycles. The molecule has 0 aliphatic carbocycles. The van der Waals surface area contributed by atoms with Crippen molar-refractivity contribution in [2.75, 3.05) is 6.61 Å². The number of ether oxygens (including phenoxy) is 2. The molecule has 0 saturated carbocycles. The molecule has 0 fully saturated rings. The van der Waals surface area contributed by atoms with Gasteiger partial charge in [-0.3, -0.25) is 9.59 Å². The van der Waals surface area contributed by atoms with Crippen molar-refractivity contribution in [1.82, 2.24) is 10.6 Å². The van der Waals surface area contributed by atoms with E-state index in [4.69, 9.17) is 15.2 Å². The summed E-state index contributed by atoms with van der Waals surface area (Å²) in [4.78, 5) is 47.0. The van der Waals surface area contributed by atoms with Gasteiger partial charge >= 0.3 is 12.1 Å². The normalized spacial score (nSPS) is 12.2. The van der Waals surface area contributed by atoms with Crippen LogP contribution in [0.15, 0.2) is 43.0 Å². The summed E-state index contributed by atoms with van der Waals surface area (Å²) in [6, 6.07) is 6.63. The van der Waals surface area contributed by atoms with Crippen LogP contribution in [0.1, 0.15) is 18.9 Å². The smallest absolute Gasteiger partial charge is 0.408 e. The average molecular weight is 377 g/mol. The van der Waals surface area contributed by atoms with Crippen molar-refractivity contribution in [1.29, 1.82) is 0 Å². The highest BCUT2D eigenvalue weighted by atomic mass is 16.5. The summed E-state index contributed by atoms with van der Waals surface area (Å²) in [5.74, 6) is -2.26. The summed E-state index contributed by atoms with van der Waals surface area (Å²) in [5.41, 5.74) is 5.87. The van der Waals surface area contributed by atoms with Crippen molar-refractivity contribution in [2.24, 2.45) is 5.73 Å². The molecule has 0 aromatic heterocycles. The minimum absolute atomic E-state index is 0.00613. The Morgan fingerprint density at radius 2 is 1.81 bits per heavy atom. The van der Waals surface area contributed by atoms with Crippen molar-refractivity contribution in [2.45, 2.75) is 32.0 Å². The van der Waals surface area contributed by atoms with E-state index in [-0.39, 0.29) is 13.2 Å². The number of amides is 3. The molecule has 4 N–H and O–H groups in total. The van der Waals surface area contributed by atoms with Gasteiger partial charge in [-0.25, -0.2) is 9.59 Å². The Hall–Kier alpha value is -3.36. The number of esters is 1. The molecule has 27 heavy (non-hydrogen) atoms. The van der Waals surface area contributed by atoms with Gasteiger partial charge in [-0.05, 0) is 12.5 Å². The maximum Gasteiger partial charge on any atom is 0.408 e. The molecule has 0 spiro atoms. The molecule has 9 heteroatoms. The fourth-order valence-corrected chi connectivity index (χ4v) is 1.96. The van der Waals surface area contributed by atoms with Crippen molar-refractivity contribution in [3.05, 3.63) is 48.6 Å². The van der Waals surface area contributed by atoms with Crippen LogP contribution in [0.5, 0.6) is 0 Å². The van der Waals surface area contributed by atoms with Crippen LogP contribution in [-0.2, 0) is 30.5 Å². The molecule has 0 radical (unpaired) electrons. The number of nitrogens with one attached hydrogen (secondary N) is 2. The lowest BCUT2D eigenvalue weighted by molar-refractivity contribution is -0.146. The van der Waals surface area contributed by atoms with Crippen molar-refractivity contribution < 1.29 is 28.7 Å². The minimum atomic E-state index is -1.29. The zero-order valence-corrected chi connectivity index (χ0v) is 15.0. The number of nitrogens with two attached hydrogens (primary N) is 1. The highest BCUT2D eigenvalue weighted by Crippen LogP contribution is 2.02. The Balaban J connectivity index is 2.61. The van der Waals surface area contributed by atoms with Crippen LogP contribution in [0.4, 0.5) is 4.79 Å². The third-order valence-corrected chi connectivity index (χ3v) is 3.28. The van der Waals surface area contributed by atoms with Crippen LogP contribution >= 0.6 is 0 Å². The molecule has 1 rings (SSSR count). The molecule has 0 aliphatic rings. The van der Waals surface area contributed by atoms with Crippen LogP contribution in [0.3, 0.4) is 0 Å². The Morgan fingerprint density at radius 1 is 1.15 bits per heavy atom. The van der Waals surface area contributed by atoms with Crippen LogP contribution in [0, 0.1) is 0 Å². The van der Waals surface area contributed by atoms with E-state index in [9.17, 15) is 19.2 Å². The van der Waals surface area contributed by atoms with Gasteiger partial charge in [0, 0.05) is 0 Å². The second kappa shape index (κ2) is 11.3. The second-order valence-corrected chi connectivity index (χ2v) is 5.58. The topological polar surface area (TPSA) is 137 Å². The SMILES string of the molecule is C=CCOC(=O)[C@H](C)NC(=O)[C@H](CC(N)=O)NC(=O)OCc1ccccc1. The molecule has 3 amide bonds. The van der Waals surface area contributed by atoms with Gasteiger partial charge in [-0.1, -0.05) is 43.0 Å². The fourth-order valence-electron chi connectivity index (χ4n) is 1.96. The number of rotatable bonds is 10. The summed E-state index contributed by atoms with van der Waals surface area (Å²) >= 11 is 0. The van der Waals surface area contributed by atoms with Gasteiger partial charge in [0.25, 0.3) is 0 Å².